The van der Waals surface area contributed by atoms with Gasteiger partial charge in [-0.05, 0) is 81.4 Å². The number of nitrogens with one attached hydrogen (secondary N) is 2. The number of piperidine rings is 1. The lowest BCUT2D eigenvalue weighted by Crippen LogP contribution is -2.33. The van der Waals surface area contributed by atoms with Gasteiger partial charge in [0.25, 0.3) is 0 Å². The van der Waals surface area contributed by atoms with E-state index in [0.717, 1.165) is 29.2 Å². The zero-order valence-electron chi connectivity index (χ0n) is 18.0. The number of hydrogen-bond acceptors (Lipinski definition) is 5. The molecule has 1 fully saturated rings. The molecule has 1 saturated heterocycles. The highest BCUT2D eigenvalue weighted by atomic mass is 79.9. The van der Waals surface area contributed by atoms with Gasteiger partial charge in [-0.2, -0.15) is 0 Å². The smallest absolute Gasteiger partial charge is 0.240 e. The first-order valence-electron chi connectivity index (χ1n) is 10.1. The number of halogens is 1. The van der Waals surface area contributed by atoms with Gasteiger partial charge in [-0.25, -0.2) is 26.3 Å². The molecule has 0 aromatic heterocycles. The van der Waals surface area contributed by atoms with Gasteiger partial charge in [0.15, 0.2) is 0 Å². The van der Waals surface area contributed by atoms with Gasteiger partial charge in [0, 0.05) is 23.2 Å². The van der Waals surface area contributed by atoms with Gasteiger partial charge in [0.05, 0.1) is 9.79 Å². The maximum atomic E-state index is 11.6. The topological polar surface area (TPSA) is 95.6 Å². The molecule has 2 aromatic carbocycles. The zero-order chi connectivity index (χ0) is 23.1. The van der Waals surface area contributed by atoms with Crippen molar-refractivity contribution in [3.05, 3.63) is 53.0 Å². The minimum atomic E-state index is -3.33. The lowest BCUT2D eigenvalue weighted by molar-refractivity contribution is 0.395. The molecule has 3 rings (SSSR count). The summed E-state index contributed by atoms with van der Waals surface area (Å²) >= 11 is 3.22. The summed E-state index contributed by atoms with van der Waals surface area (Å²) in [7, 11) is -3.80. The summed E-state index contributed by atoms with van der Waals surface area (Å²) in [6, 6.07) is 13.6. The van der Waals surface area contributed by atoms with Crippen molar-refractivity contribution in [2.24, 2.45) is 5.92 Å². The van der Waals surface area contributed by atoms with Crippen LogP contribution in [0.25, 0.3) is 0 Å². The molecule has 10 heteroatoms. The predicted molar refractivity (Wildman–Crippen MR) is 128 cm³/mol. The van der Waals surface area contributed by atoms with Crippen LogP contribution in [-0.2, 0) is 20.0 Å². The van der Waals surface area contributed by atoms with E-state index in [1.54, 1.807) is 24.3 Å². The largest absolute Gasteiger partial charge is 0.372 e. The van der Waals surface area contributed by atoms with E-state index in [2.05, 4.69) is 37.2 Å². The molecule has 1 aliphatic rings. The summed E-state index contributed by atoms with van der Waals surface area (Å²) in [6.07, 6.45) is 3.72. The first kappa shape index (κ1) is 25.8. The molecule has 0 saturated carbocycles. The van der Waals surface area contributed by atoms with Crippen LogP contribution in [0.5, 0.6) is 0 Å². The maximum absolute atomic E-state index is 11.6. The fraction of sp³-hybridized carbons (Fsp3) is 0.429. The Morgan fingerprint density at radius 2 is 1.26 bits per heavy atom. The second-order valence-electron chi connectivity index (χ2n) is 7.20. The van der Waals surface area contributed by atoms with Gasteiger partial charge >= 0.3 is 0 Å². The monoisotopic (exact) mass is 531 g/mol. The third-order valence-corrected chi connectivity index (χ3v) is 8.75. The van der Waals surface area contributed by atoms with E-state index in [1.807, 2.05) is 12.1 Å². The van der Waals surface area contributed by atoms with E-state index in [1.165, 1.54) is 45.5 Å². The molecular formula is C21H30BrN3O4S2. The number of sulfonamides is 2. The molecule has 0 bridgehead atoms. The number of benzene rings is 2. The van der Waals surface area contributed by atoms with Gasteiger partial charge in [-0.15, -0.1) is 0 Å². The van der Waals surface area contributed by atoms with Crippen molar-refractivity contribution >= 4 is 41.7 Å². The molecular weight excluding hydrogens is 502 g/mol. The Bertz CT molecular complexity index is 1030. The van der Waals surface area contributed by atoms with Gasteiger partial charge in [-0.3, -0.25) is 0 Å². The summed E-state index contributed by atoms with van der Waals surface area (Å²) in [5.74, 6) is 0.847. The fourth-order valence-electron chi connectivity index (χ4n) is 3.28. The Labute approximate surface area is 194 Å². The molecule has 2 aromatic rings. The zero-order valence-corrected chi connectivity index (χ0v) is 21.2. The van der Waals surface area contributed by atoms with Crippen LogP contribution in [-0.4, -0.2) is 44.0 Å². The summed E-state index contributed by atoms with van der Waals surface area (Å²) in [5.41, 5.74) is 1.12. The Morgan fingerprint density at radius 1 is 0.839 bits per heavy atom. The van der Waals surface area contributed by atoms with Crippen LogP contribution in [0.2, 0.25) is 0 Å². The van der Waals surface area contributed by atoms with E-state index in [-0.39, 0.29) is 4.90 Å². The van der Waals surface area contributed by atoms with E-state index >= 15 is 0 Å². The van der Waals surface area contributed by atoms with Crippen molar-refractivity contribution in [2.75, 3.05) is 32.1 Å². The molecule has 31 heavy (non-hydrogen) atoms. The highest BCUT2D eigenvalue weighted by Gasteiger charge is 2.18. The van der Waals surface area contributed by atoms with Crippen molar-refractivity contribution < 1.29 is 16.8 Å². The minimum Gasteiger partial charge on any atom is -0.372 e. The molecule has 0 radical (unpaired) electrons. The molecule has 0 unspecified atom stereocenters. The summed E-state index contributed by atoms with van der Waals surface area (Å²) < 4.78 is 51.1. The van der Waals surface area contributed by atoms with Gasteiger partial charge in [0.2, 0.25) is 20.0 Å². The molecule has 7 nitrogen and oxygen atoms in total. The molecule has 1 heterocycles. The van der Waals surface area contributed by atoms with Crippen molar-refractivity contribution in [3.8, 4) is 0 Å². The Kier molecular flexibility index (Phi) is 9.50. The standard InChI is InChI=1S/C14H22N2O2S.C7H8BrNO2S/c1-3-12-8-10-16(11-9-12)13-4-6-14(7-5-13)19(17,18)15-2;1-9-12(10,11)7-4-2-6(8)3-5-7/h4-7,12,15H,3,8-11H2,1-2H3;2-5,9H,1H3. The summed E-state index contributed by atoms with van der Waals surface area (Å²) in [6.45, 7) is 4.38. The van der Waals surface area contributed by atoms with Crippen LogP contribution < -0.4 is 14.3 Å². The van der Waals surface area contributed by atoms with Crippen LogP contribution in [0, 0.1) is 5.92 Å². The Hall–Kier alpha value is -1.46. The molecule has 0 amide bonds. The number of anilines is 1. The van der Waals surface area contributed by atoms with Crippen molar-refractivity contribution in [3.63, 3.8) is 0 Å². The van der Waals surface area contributed by atoms with Crippen molar-refractivity contribution in [1.29, 1.82) is 0 Å². The normalized spacial score (nSPS) is 15.3. The van der Waals surface area contributed by atoms with E-state index < -0.39 is 20.0 Å². The third-order valence-electron chi connectivity index (χ3n) is 5.37. The highest BCUT2D eigenvalue weighted by molar-refractivity contribution is 9.10. The van der Waals surface area contributed by atoms with Gasteiger partial charge < -0.3 is 4.90 Å². The Balaban J connectivity index is 0.000000245. The maximum Gasteiger partial charge on any atom is 0.240 e. The van der Waals surface area contributed by atoms with Crippen LogP contribution in [0.15, 0.2) is 62.8 Å². The van der Waals surface area contributed by atoms with Crippen LogP contribution in [0.4, 0.5) is 5.69 Å². The Morgan fingerprint density at radius 3 is 1.65 bits per heavy atom. The molecule has 2 N–H and O–H groups in total. The molecule has 0 aliphatic carbocycles. The average Bonchev–Trinajstić information content (AvgIpc) is 2.80. The third kappa shape index (κ3) is 7.28. The lowest BCUT2D eigenvalue weighted by Gasteiger charge is -2.33. The lowest BCUT2D eigenvalue weighted by atomic mass is 9.94. The quantitative estimate of drug-likeness (QED) is 0.593. The predicted octanol–water partition coefficient (Wildman–Crippen LogP) is 3.58. The van der Waals surface area contributed by atoms with E-state index in [0.29, 0.717) is 4.90 Å². The van der Waals surface area contributed by atoms with Gasteiger partial charge in [-0.1, -0.05) is 29.3 Å². The average molecular weight is 533 g/mol. The minimum absolute atomic E-state index is 0.271. The van der Waals surface area contributed by atoms with E-state index in [4.69, 9.17) is 0 Å². The molecule has 0 spiro atoms. The first-order valence-corrected chi connectivity index (χ1v) is 13.9. The summed E-state index contributed by atoms with van der Waals surface area (Å²) in [5, 5.41) is 0. The number of nitrogens with zero attached hydrogens (tertiary/aromatic N) is 1. The van der Waals surface area contributed by atoms with Crippen LogP contribution in [0.1, 0.15) is 26.2 Å². The van der Waals surface area contributed by atoms with Crippen LogP contribution in [0.3, 0.4) is 0 Å². The van der Waals surface area contributed by atoms with Crippen molar-refractivity contribution in [1.82, 2.24) is 9.44 Å². The number of hydrogen-bond donors (Lipinski definition) is 2. The SMILES string of the molecule is CCC1CCN(c2ccc(S(=O)(=O)NC)cc2)CC1.CNS(=O)(=O)c1ccc(Br)cc1. The molecule has 172 valence electrons. The van der Waals surface area contributed by atoms with Gasteiger partial charge in [0.1, 0.15) is 0 Å². The van der Waals surface area contributed by atoms with E-state index in [9.17, 15) is 16.8 Å². The fourth-order valence-corrected chi connectivity index (χ4v) is 5.01. The summed E-state index contributed by atoms with van der Waals surface area (Å²) in [4.78, 5) is 2.93. The van der Waals surface area contributed by atoms with Crippen LogP contribution >= 0.6 is 15.9 Å². The second-order valence-corrected chi connectivity index (χ2v) is 11.9. The second kappa shape index (κ2) is 11.4. The first-order chi connectivity index (χ1) is 14.6. The molecule has 0 atom stereocenters. The highest BCUT2D eigenvalue weighted by Crippen LogP contribution is 2.25. The molecule has 1 aliphatic heterocycles. The number of rotatable bonds is 6. The van der Waals surface area contributed by atoms with Crippen molar-refractivity contribution in [2.45, 2.75) is 36.0 Å².